The van der Waals surface area contributed by atoms with Crippen LogP contribution in [0.4, 0.5) is 15.9 Å². The van der Waals surface area contributed by atoms with E-state index in [0.29, 0.717) is 17.1 Å². The molecule has 19 heavy (non-hydrogen) atoms. The highest BCUT2D eigenvalue weighted by Gasteiger charge is 2.21. The molecule has 0 saturated carbocycles. The summed E-state index contributed by atoms with van der Waals surface area (Å²) in [7, 11) is 1.76. The van der Waals surface area contributed by atoms with Gasteiger partial charge in [-0.2, -0.15) is 5.10 Å². The standard InChI is InChI=1S/C14H17FN4/c1-18-13(16)9-11(17-18)14-10(15)5-4-6-12(14)19-7-2-3-8-19/h4-6,9H,2-3,7-8,16H2,1H3. The second kappa shape index (κ2) is 4.57. The van der Waals surface area contributed by atoms with Crippen LogP contribution in [0.1, 0.15) is 12.8 Å². The van der Waals surface area contributed by atoms with Crippen molar-refractivity contribution >= 4 is 11.5 Å². The van der Waals surface area contributed by atoms with Crippen molar-refractivity contribution in [3.05, 3.63) is 30.1 Å². The predicted molar refractivity (Wildman–Crippen MR) is 74.5 cm³/mol. The molecule has 0 aliphatic carbocycles. The van der Waals surface area contributed by atoms with Gasteiger partial charge in [-0.15, -0.1) is 0 Å². The molecule has 1 aromatic carbocycles. The van der Waals surface area contributed by atoms with Crippen LogP contribution in [0.25, 0.3) is 11.3 Å². The second-order valence-electron chi connectivity index (χ2n) is 4.91. The van der Waals surface area contributed by atoms with Gasteiger partial charge in [-0.25, -0.2) is 4.39 Å². The van der Waals surface area contributed by atoms with Gasteiger partial charge < -0.3 is 10.6 Å². The molecule has 1 aromatic heterocycles. The SMILES string of the molecule is Cn1nc(-c2c(F)cccc2N2CCCC2)cc1N. The molecule has 4 nitrogen and oxygen atoms in total. The molecule has 0 unspecified atom stereocenters. The van der Waals surface area contributed by atoms with Gasteiger partial charge in [-0.3, -0.25) is 4.68 Å². The molecule has 0 radical (unpaired) electrons. The largest absolute Gasteiger partial charge is 0.384 e. The summed E-state index contributed by atoms with van der Waals surface area (Å²) in [4.78, 5) is 2.21. The van der Waals surface area contributed by atoms with Crippen LogP contribution in [-0.2, 0) is 7.05 Å². The maximum atomic E-state index is 14.2. The molecule has 100 valence electrons. The number of nitrogens with zero attached hydrogens (tertiary/aromatic N) is 3. The Bertz CT molecular complexity index is 580. The van der Waals surface area contributed by atoms with Crippen LogP contribution >= 0.6 is 0 Å². The highest BCUT2D eigenvalue weighted by molar-refractivity contribution is 5.78. The molecule has 0 bridgehead atoms. The van der Waals surface area contributed by atoms with Crippen molar-refractivity contribution in [1.82, 2.24) is 9.78 Å². The van der Waals surface area contributed by atoms with Crippen LogP contribution in [0.5, 0.6) is 0 Å². The fraction of sp³-hybridized carbons (Fsp3) is 0.357. The van der Waals surface area contributed by atoms with Crippen LogP contribution in [-0.4, -0.2) is 22.9 Å². The number of anilines is 2. The second-order valence-corrected chi connectivity index (χ2v) is 4.91. The minimum absolute atomic E-state index is 0.248. The Labute approximate surface area is 111 Å². The maximum absolute atomic E-state index is 14.2. The van der Waals surface area contributed by atoms with Gasteiger partial charge in [0.15, 0.2) is 0 Å². The number of rotatable bonds is 2. The Balaban J connectivity index is 2.13. The number of aryl methyl sites for hydroxylation is 1. The summed E-state index contributed by atoms with van der Waals surface area (Å²) in [5, 5.41) is 4.30. The molecule has 2 heterocycles. The van der Waals surface area contributed by atoms with Gasteiger partial charge in [0.05, 0.1) is 11.3 Å². The third kappa shape index (κ3) is 2.05. The Hall–Kier alpha value is -2.04. The zero-order valence-corrected chi connectivity index (χ0v) is 10.9. The van der Waals surface area contributed by atoms with Crippen molar-refractivity contribution in [2.24, 2.45) is 7.05 Å². The minimum atomic E-state index is -0.248. The first-order valence-corrected chi connectivity index (χ1v) is 6.50. The molecule has 1 saturated heterocycles. The molecule has 0 spiro atoms. The third-order valence-electron chi connectivity index (χ3n) is 3.61. The van der Waals surface area contributed by atoms with Gasteiger partial charge in [0.1, 0.15) is 11.6 Å². The molecule has 2 N–H and O–H groups in total. The van der Waals surface area contributed by atoms with Crippen LogP contribution in [0, 0.1) is 5.82 Å². The van der Waals surface area contributed by atoms with E-state index < -0.39 is 0 Å². The lowest BCUT2D eigenvalue weighted by Crippen LogP contribution is -2.18. The van der Waals surface area contributed by atoms with Gasteiger partial charge in [0.2, 0.25) is 0 Å². The lowest BCUT2D eigenvalue weighted by Gasteiger charge is -2.20. The van der Waals surface area contributed by atoms with E-state index in [1.54, 1.807) is 23.9 Å². The van der Waals surface area contributed by atoms with Crippen LogP contribution in [0.2, 0.25) is 0 Å². The van der Waals surface area contributed by atoms with E-state index in [9.17, 15) is 4.39 Å². The zero-order chi connectivity index (χ0) is 13.4. The van der Waals surface area contributed by atoms with E-state index in [1.165, 1.54) is 6.07 Å². The average Bonchev–Trinajstić information content (AvgIpc) is 3.00. The van der Waals surface area contributed by atoms with Gasteiger partial charge in [-0.05, 0) is 25.0 Å². The van der Waals surface area contributed by atoms with Crippen LogP contribution in [0.3, 0.4) is 0 Å². The van der Waals surface area contributed by atoms with E-state index >= 15 is 0 Å². The number of nitrogen functional groups attached to an aromatic ring is 1. The molecule has 1 aliphatic heterocycles. The highest BCUT2D eigenvalue weighted by atomic mass is 19.1. The maximum Gasteiger partial charge on any atom is 0.134 e. The molecule has 1 fully saturated rings. The van der Waals surface area contributed by atoms with E-state index in [1.807, 2.05) is 6.07 Å². The molecule has 1 aliphatic rings. The number of hydrogen-bond acceptors (Lipinski definition) is 3. The lowest BCUT2D eigenvalue weighted by molar-refractivity contribution is 0.629. The summed E-state index contributed by atoms with van der Waals surface area (Å²) in [6, 6.07) is 6.89. The quantitative estimate of drug-likeness (QED) is 0.902. The molecule has 0 atom stereocenters. The van der Waals surface area contributed by atoms with Crippen molar-refractivity contribution in [3.8, 4) is 11.3 Å². The normalized spacial score (nSPS) is 15.2. The minimum Gasteiger partial charge on any atom is -0.384 e. The Morgan fingerprint density at radius 2 is 2.00 bits per heavy atom. The summed E-state index contributed by atoms with van der Waals surface area (Å²) >= 11 is 0. The van der Waals surface area contributed by atoms with Crippen molar-refractivity contribution in [3.63, 3.8) is 0 Å². The summed E-state index contributed by atoms with van der Waals surface area (Å²) in [5.41, 5.74) is 7.86. The zero-order valence-electron chi connectivity index (χ0n) is 10.9. The molecule has 2 aromatic rings. The summed E-state index contributed by atoms with van der Waals surface area (Å²) in [5.74, 6) is 0.285. The van der Waals surface area contributed by atoms with Crippen LogP contribution < -0.4 is 10.6 Å². The van der Waals surface area contributed by atoms with E-state index in [4.69, 9.17) is 5.73 Å². The highest BCUT2D eigenvalue weighted by Crippen LogP contribution is 2.34. The van der Waals surface area contributed by atoms with Gasteiger partial charge in [-0.1, -0.05) is 6.07 Å². The fourth-order valence-electron chi connectivity index (χ4n) is 2.59. The summed E-state index contributed by atoms with van der Waals surface area (Å²) in [6.07, 6.45) is 2.31. The first kappa shape index (κ1) is 12.0. The van der Waals surface area contributed by atoms with Gasteiger partial charge in [0.25, 0.3) is 0 Å². The monoisotopic (exact) mass is 260 g/mol. The van der Waals surface area contributed by atoms with Gasteiger partial charge >= 0.3 is 0 Å². The third-order valence-corrected chi connectivity index (χ3v) is 3.61. The van der Waals surface area contributed by atoms with E-state index in [-0.39, 0.29) is 5.82 Å². The number of benzene rings is 1. The van der Waals surface area contributed by atoms with Crippen molar-refractivity contribution in [2.45, 2.75) is 12.8 Å². The van der Waals surface area contributed by atoms with Crippen molar-refractivity contribution in [1.29, 1.82) is 0 Å². The van der Waals surface area contributed by atoms with E-state index in [0.717, 1.165) is 31.6 Å². The van der Waals surface area contributed by atoms with Crippen LogP contribution in [0.15, 0.2) is 24.3 Å². The first-order valence-electron chi connectivity index (χ1n) is 6.50. The molecular weight excluding hydrogens is 243 g/mol. The van der Waals surface area contributed by atoms with Crippen molar-refractivity contribution < 1.29 is 4.39 Å². The fourth-order valence-corrected chi connectivity index (χ4v) is 2.59. The number of halogens is 1. The Morgan fingerprint density at radius 1 is 1.26 bits per heavy atom. The van der Waals surface area contributed by atoms with E-state index in [2.05, 4.69) is 10.00 Å². The number of aromatic nitrogens is 2. The Morgan fingerprint density at radius 3 is 2.63 bits per heavy atom. The topological polar surface area (TPSA) is 47.1 Å². The molecular formula is C14H17FN4. The predicted octanol–water partition coefficient (Wildman–Crippen LogP) is 2.41. The molecule has 5 heteroatoms. The number of hydrogen-bond donors (Lipinski definition) is 1. The lowest BCUT2D eigenvalue weighted by atomic mass is 10.1. The molecule has 0 amide bonds. The average molecular weight is 260 g/mol. The van der Waals surface area contributed by atoms with Gasteiger partial charge in [0, 0.05) is 31.9 Å². The first-order chi connectivity index (χ1) is 9.16. The van der Waals surface area contributed by atoms with Crippen molar-refractivity contribution in [2.75, 3.05) is 23.7 Å². The smallest absolute Gasteiger partial charge is 0.134 e. The molecule has 3 rings (SSSR count). The Kier molecular flexibility index (Phi) is 2.89. The number of nitrogens with two attached hydrogens (primary N) is 1. The summed E-state index contributed by atoms with van der Waals surface area (Å²) in [6.45, 7) is 1.94. The summed E-state index contributed by atoms with van der Waals surface area (Å²) < 4.78 is 15.8.